The van der Waals surface area contributed by atoms with E-state index >= 15 is 0 Å². The number of carbonyl (C=O) groups excluding carboxylic acids is 3. The van der Waals surface area contributed by atoms with Gasteiger partial charge in [0.1, 0.15) is 0 Å². The average Bonchev–Trinajstić information content (AvgIpc) is 2.78. The van der Waals surface area contributed by atoms with Gasteiger partial charge in [0.05, 0.1) is 29.8 Å². The van der Waals surface area contributed by atoms with Crippen molar-refractivity contribution in [1.29, 1.82) is 0 Å². The molecule has 2 aromatic carbocycles. The summed E-state index contributed by atoms with van der Waals surface area (Å²) in [6.45, 7) is 4.37. The Kier molecular flexibility index (Phi) is 7.49. The number of carbonyl (C=O) groups is 3. The molecule has 0 aliphatic carbocycles. The Morgan fingerprint density at radius 1 is 1.06 bits per heavy atom. The quantitative estimate of drug-likeness (QED) is 0.542. The van der Waals surface area contributed by atoms with Crippen LogP contribution in [0.2, 0.25) is 5.02 Å². The Hall–Kier alpha value is -3.10. The van der Waals surface area contributed by atoms with Crippen LogP contribution in [-0.2, 0) is 9.53 Å². The van der Waals surface area contributed by atoms with E-state index in [4.69, 9.17) is 16.3 Å². The molecule has 0 saturated carbocycles. The van der Waals surface area contributed by atoms with Crippen molar-refractivity contribution in [3.05, 3.63) is 64.7 Å². The predicted octanol–water partition coefficient (Wildman–Crippen LogP) is 2.10. The lowest BCUT2D eigenvalue weighted by molar-refractivity contribution is -0.123. The Labute approximate surface area is 186 Å². The van der Waals surface area contributed by atoms with Gasteiger partial charge in [-0.25, -0.2) is 4.79 Å². The van der Waals surface area contributed by atoms with Crippen LogP contribution in [0.3, 0.4) is 0 Å². The summed E-state index contributed by atoms with van der Waals surface area (Å²) in [4.78, 5) is 40.3. The first-order valence-corrected chi connectivity index (χ1v) is 10.3. The van der Waals surface area contributed by atoms with Gasteiger partial charge in [-0.15, -0.1) is 0 Å². The highest BCUT2D eigenvalue weighted by molar-refractivity contribution is 6.33. The largest absolute Gasteiger partial charge is 0.465 e. The summed E-state index contributed by atoms with van der Waals surface area (Å²) in [5, 5.41) is 0.318. The van der Waals surface area contributed by atoms with Crippen molar-refractivity contribution in [2.24, 2.45) is 0 Å². The third-order valence-corrected chi connectivity index (χ3v) is 5.53. The molecule has 1 saturated heterocycles. The Balaban J connectivity index is 1.48. The minimum absolute atomic E-state index is 0.124. The van der Waals surface area contributed by atoms with Crippen molar-refractivity contribution in [3.8, 4) is 0 Å². The van der Waals surface area contributed by atoms with Gasteiger partial charge in [0.15, 0.2) is 0 Å². The lowest BCUT2D eigenvalue weighted by Crippen LogP contribution is -2.55. The number of methoxy groups -OCH3 is 1. The molecule has 2 N–H and O–H groups in total. The molecule has 1 aliphatic heterocycles. The van der Waals surface area contributed by atoms with Crippen molar-refractivity contribution in [2.45, 2.75) is 13.0 Å². The molecule has 1 unspecified atom stereocenters. The van der Waals surface area contributed by atoms with E-state index < -0.39 is 5.91 Å². The molecule has 0 radical (unpaired) electrons. The first-order valence-electron chi connectivity index (χ1n) is 9.90. The van der Waals surface area contributed by atoms with E-state index in [0.717, 1.165) is 18.8 Å². The van der Waals surface area contributed by atoms with Crippen LogP contribution in [0.5, 0.6) is 0 Å². The molecule has 31 heavy (non-hydrogen) atoms. The second kappa shape index (κ2) is 10.3. The number of amides is 2. The third-order valence-electron chi connectivity index (χ3n) is 5.20. The normalized spacial score (nSPS) is 16.5. The lowest BCUT2D eigenvalue weighted by atomic mass is 10.1. The molecule has 0 aromatic heterocycles. The molecular weight excluding hydrogens is 420 g/mol. The molecule has 2 aromatic rings. The summed E-state index contributed by atoms with van der Waals surface area (Å²) >= 11 is 6.00. The molecule has 1 heterocycles. The van der Waals surface area contributed by atoms with Gasteiger partial charge in [0.2, 0.25) is 0 Å². The summed E-state index contributed by atoms with van der Waals surface area (Å²) in [7, 11) is 1.36. The zero-order chi connectivity index (χ0) is 22.4. The van der Waals surface area contributed by atoms with Gasteiger partial charge in [-0.1, -0.05) is 23.7 Å². The fourth-order valence-corrected chi connectivity index (χ4v) is 3.68. The Morgan fingerprint density at radius 3 is 2.42 bits per heavy atom. The number of hydrogen-bond donors (Lipinski definition) is 2. The summed E-state index contributed by atoms with van der Waals surface area (Å²) in [5.41, 5.74) is 6.66. The molecular formula is C22H25ClN4O4. The van der Waals surface area contributed by atoms with Gasteiger partial charge in [0.25, 0.3) is 11.8 Å². The van der Waals surface area contributed by atoms with Crippen LogP contribution in [0.1, 0.15) is 27.6 Å². The predicted molar refractivity (Wildman–Crippen MR) is 118 cm³/mol. The number of anilines is 1. The lowest BCUT2D eigenvalue weighted by Gasteiger charge is -2.40. The van der Waals surface area contributed by atoms with Gasteiger partial charge in [-0.05, 0) is 43.3 Å². The van der Waals surface area contributed by atoms with E-state index in [0.29, 0.717) is 22.7 Å². The number of hydrogen-bond acceptors (Lipinski definition) is 6. The maximum atomic E-state index is 12.3. The third kappa shape index (κ3) is 5.74. The van der Waals surface area contributed by atoms with Crippen LogP contribution in [0.4, 0.5) is 5.69 Å². The van der Waals surface area contributed by atoms with Crippen molar-refractivity contribution in [1.82, 2.24) is 15.8 Å². The van der Waals surface area contributed by atoms with E-state index in [1.54, 1.807) is 36.4 Å². The van der Waals surface area contributed by atoms with Crippen molar-refractivity contribution in [3.63, 3.8) is 0 Å². The monoisotopic (exact) mass is 444 g/mol. The van der Waals surface area contributed by atoms with Crippen molar-refractivity contribution >= 4 is 35.1 Å². The minimum Gasteiger partial charge on any atom is -0.465 e. The second-order valence-corrected chi connectivity index (χ2v) is 7.69. The van der Waals surface area contributed by atoms with Crippen LogP contribution in [0.25, 0.3) is 0 Å². The number of nitrogens with one attached hydrogen (secondary N) is 2. The van der Waals surface area contributed by atoms with Crippen LogP contribution < -0.4 is 15.8 Å². The highest BCUT2D eigenvalue weighted by Gasteiger charge is 2.25. The van der Waals surface area contributed by atoms with Gasteiger partial charge < -0.3 is 9.64 Å². The summed E-state index contributed by atoms with van der Waals surface area (Å²) in [6, 6.07) is 14.0. The summed E-state index contributed by atoms with van der Waals surface area (Å²) in [5.74, 6) is -1.13. The van der Waals surface area contributed by atoms with Gasteiger partial charge >= 0.3 is 5.97 Å². The zero-order valence-electron chi connectivity index (χ0n) is 17.4. The Morgan fingerprint density at radius 2 is 1.77 bits per heavy atom. The number of esters is 1. The van der Waals surface area contributed by atoms with Crippen LogP contribution >= 0.6 is 11.6 Å². The number of benzene rings is 2. The van der Waals surface area contributed by atoms with E-state index in [1.807, 2.05) is 19.1 Å². The fourth-order valence-electron chi connectivity index (χ4n) is 3.45. The molecule has 1 atom stereocenters. The highest BCUT2D eigenvalue weighted by atomic mass is 35.5. The molecule has 2 amide bonds. The molecule has 0 bridgehead atoms. The average molecular weight is 445 g/mol. The van der Waals surface area contributed by atoms with Crippen LogP contribution in [0, 0.1) is 0 Å². The molecule has 1 aliphatic rings. The molecule has 0 spiro atoms. The van der Waals surface area contributed by atoms with E-state index in [2.05, 4.69) is 20.7 Å². The topological polar surface area (TPSA) is 91.0 Å². The molecule has 8 nitrogen and oxygen atoms in total. The van der Waals surface area contributed by atoms with Crippen molar-refractivity contribution < 1.29 is 19.1 Å². The molecule has 164 valence electrons. The first kappa shape index (κ1) is 22.6. The minimum atomic E-state index is -0.466. The number of ether oxygens (including phenoxy) is 1. The van der Waals surface area contributed by atoms with E-state index in [1.165, 1.54) is 7.11 Å². The van der Waals surface area contributed by atoms with Gasteiger partial charge in [0, 0.05) is 31.4 Å². The standard InChI is InChI=1S/C22H25ClN4O4/c1-15-13-27(17-9-7-16(8-10-17)22(30)31-2)12-11-26(15)14-20(28)24-25-21(29)18-5-3-4-6-19(18)23/h3-10,15H,11-14H2,1-2H3,(H,24,28)(H,25,29). The smallest absolute Gasteiger partial charge is 0.337 e. The molecule has 1 fully saturated rings. The SMILES string of the molecule is COC(=O)c1ccc(N2CCN(CC(=O)NNC(=O)c3ccccc3Cl)C(C)C2)cc1. The molecule has 9 heteroatoms. The number of rotatable bonds is 5. The maximum Gasteiger partial charge on any atom is 0.337 e. The maximum absolute atomic E-state index is 12.3. The van der Waals surface area contributed by atoms with Gasteiger partial charge in [-0.3, -0.25) is 25.3 Å². The van der Waals surface area contributed by atoms with E-state index in [9.17, 15) is 14.4 Å². The first-order chi connectivity index (χ1) is 14.9. The van der Waals surface area contributed by atoms with Crippen LogP contribution in [0.15, 0.2) is 48.5 Å². The number of halogens is 1. The van der Waals surface area contributed by atoms with Crippen molar-refractivity contribution in [2.75, 3.05) is 38.2 Å². The number of piperazine rings is 1. The Bertz CT molecular complexity index is 951. The summed E-state index contributed by atoms with van der Waals surface area (Å²) in [6.07, 6.45) is 0. The summed E-state index contributed by atoms with van der Waals surface area (Å²) < 4.78 is 4.73. The fraction of sp³-hybridized carbons (Fsp3) is 0.318. The second-order valence-electron chi connectivity index (χ2n) is 7.29. The van der Waals surface area contributed by atoms with Crippen LogP contribution in [-0.4, -0.2) is 62.0 Å². The number of nitrogens with zero attached hydrogens (tertiary/aromatic N) is 2. The molecule has 3 rings (SSSR count). The number of hydrazine groups is 1. The van der Waals surface area contributed by atoms with Gasteiger partial charge in [-0.2, -0.15) is 0 Å². The highest BCUT2D eigenvalue weighted by Crippen LogP contribution is 2.20. The zero-order valence-corrected chi connectivity index (χ0v) is 18.2. The van der Waals surface area contributed by atoms with E-state index in [-0.39, 0.29) is 24.5 Å².